The average molecular weight is 168 g/mol. The summed E-state index contributed by atoms with van der Waals surface area (Å²) in [7, 11) is 2.25. The van der Waals surface area contributed by atoms with Gasteiger partial charge in [-0.1, -0.05) is 0 Å². The lowest BCUT2D eigenvalue weighted by Gasteiger charge is -2.41. The van der Waals surface area contributed by atoms with Crippen LogP contribution in [0.2, 0.25) is 0 Å². The van der Waals surface area contributed by atoms with Gasteiger partial charge in [0.15, 0.2) is 0 Å². The highest BCUT2D eigenvalue weighted by molar-refractivity contribution is 5.02. The average Bonchev–Trinajstić information content (AvgIpc) is 2.41. The van der Waals surface area contributed by atoms with E-state index in [2.05, 4.69) is 37.6 Å². The van der Waals surface area contributed by atoms with Crippen LogP contribution in [0.25, 0.3) is 0 Å². The lowest BCUT2D eigenvalue weighted by atomic mass is 10.0. The zero-order chi connectivity index (χ0) is 8.93. The molecular weight excluding hydrogens is 148 g/mol. The summed E-state index contributed by atoms with van der Waals surface area (Å²) in [5, 5.41) is 0. The molecule has 2 atom stereocenters. The third-order valence-corrected chi connectivity index (χ3v) is 3.38. The smallest absolute Gasteiger partial charge is 0.0244 e. The monoisotopic (exact) mass is 168 g/mol. The molecule has 2 saturated heterocycles. The minimum atomic E-state index is 0.376. The predicted molar refractivity (Wildman–Crippen MR) is 51.3 cm³/mol. The van der Waals surface area contributed by atoms with E-state index < -0.39 is 0 Å². The highest BCUT2D eigenvalue weighted by atomic mass is 15.4. The fourth-order valence-electron chi connectivity index (χ4n) is 2.69. The van der Waals surface area contributed by atoms with Crippen LogP contribution in [0.3, 0.4) is 0 Å². The Labute approximate surface area is 75.5 Å². The van der Waals surface area contributed by atoms with E-state index >= 15 is 0 Å². The maximum Gasteiger partial charge on any atom is 0.0244 e. The normalized spacial score (nSPS) is 38.0. The van der Waals surface area contributed by atoms with E-state index in [0.29, 0.717) is 5.54 Å². The molecule has 0 aromatic heterocycles. The molecule has 0 N–H and O–H groups in total. The largest absolute Gasteiger partial charge is 0.301 e. The Morgan fingerprint density at radius 1 is 1.08 bits per heavy atom. The van der Waals surface area contributed by atoms with Crippen LogP contribution in [-0.4, -0.2) is 47.6 Å². The second kappa shape index (κ2) is 2.46. The Morgan fingerprint density at radius 3 is 2.08 bits per heavy atom. The SMILES string of the molecule is CN1C[C@H]2C[C@@H]1CN2C(C)(C)C. The van der Waals surface area contributed by atoms with Gasteiger partial charge >= 0.3 is 0 Å². The molecule has 0 aromatic carbocycles. The van der Waals surface area contributed by atoms with E-state index in [4.69, 9.17) is 0 Å². The molecule has 0 saturated carbocycles. The van der Waals surface area contributed by atoms with Gasteiger partial charge in [0.2, 0.25) is 0 Å². The molecule has 2 fully saturated rings. The lowest BCUT2D eigenvalue weighted by molar-refractivity contribution is 0.0677. The molecule has 2 heteroatoms. The lowest BCUT2D eigenvalue weighted by Crippen LogP contribution is -2.52. The molecule has 0 spiro atoms. The summed E-state index contributed by atoms with van der Waals surface area (Å²) in [6, 6.07) is 1.68. The second-order valence-electron chi connectivity index (χ2n) is 5.31. The number of likely N-dealkylation sites (tertiary alicyclic amines) is 2. The fraction of sp³-hybridized carbons (Fsp3) is 1.00. The van der Waals surface area contributed by atoms with Crippen LogP contribution in [0, 0.1) is 0 Å². The van der Waals surface area contributed by atoms with Crippen molar-refractivity contribution >= 4 is 0 Å². The van der Waals surface area contributed by atoms with Gasteiger partial charge in [-0.2, -0.15) is 0 Å². The van der Waals surface area contributed by atoms with E-state index in [0.717, 1.165) is 12.1 Å². The van der Waals surface area contributed by atoms with Gasteiger partial charge < -0.3 is 4.90 Å². The van der Waals surface area contributed by atoms with Crippen molar-refractivity contribution in [2.45, 2.75) is 44.8 Å². The quantitative estimate of drug-likeness (QED) is 0.536. The fourth-order valence-corrected chi connectivity index (χ4v) is 2.69. The number of nitrogens with zero attached hydrogens (tertiary/aromatic N) is 2. The van der Waals surface area contributed by atoms with E-state index in [1.807, 2.05) is 0 Å². The molecule has 2 heterocycles. The van der Waals surface area contributed by atoms with E-state index in [1.165, 1.54) is 19.5 Å². The van der Waals surface area contributed by atoms with Crippen LogP contribution in [0.15, 0.2) is 0 Å². The number of fused-ring (bicyclic) bond motifs is 2. The van der Waals surface area contributed by atoms with Crippen LogP contribution in [-0.2, 0) is 0 Å². The maximum absolute atomic E-state index is 2.66. The van der Waals surface area contributed by atoms with Gasteiger partial charge in [-0.25, -0.2) is 0 Å². The summed E-state index contributed by atoms with van der Waals surface area (Å²) < 4.78 is 0. The van der Waals surface area contributed by atoms with Crippen molar-refractivity contribution in [1.82, 2.24) is 9.80 Å². The Hall–Kier alpha value is -0.0800. The molecule has 0 aromatic rings. The first-order valence-electron chi connectivity index (χ1n) is 4.95. The van der Waals surface area contributed by atoms with Crippen LogP contribution in [0.1, 0.15) is 27.2 Å². The van der Waals surface area contributed by atoms with Crippen LogP contribution in [0.5, 0.6) is 0 Å². The summed E-state index contributed by atoms with van der Waals surface area (Å²) in [4.78, 5) is 5.17. The van der Waals surface area contributed by atoms with Crippen LogP contribution in [0.4, 0.5) is 0 Å². The van der Waals surface area contributed by atoms with Crippen molar-refractivity contribution in [2.75, 3.05) is 20.1 Å². The Morgan fingerprint density at radius 2 is 1.75 bits per heavy atom. The van der Waals surface area contributed by atoms with E-state index in [9.17, 15) is 0 Å². The number of hydrogen-bond donors (Lipinski definition) is 0. The van der Waals surface area contributed by atoms with Gasteiger partial charge in [-0.3, -0.25) is 4.90 Å². The highest BCUT2D eigenvalue weighted by Gasteiger charge is 2.45. The first kappa shape index (κ1) is 8.52. The minimum absolute atomic E-state index is 0.376. The third kappa shape index (κ3) is 1.17. The molecule has 2 rings (SSSR count). The number of rotatable bonds is 0. The van der Waals surface area contributed by atoms with Gasteiger partial charge in [-0.15, -0.1) is 0 Å². The predicted octanol–water partition coefficient (Wildman–Crippen LogP) is 1.17. The van der Waals surface area contributed by atoms with Gasteiger partial charge in [0.25, 0.3) is 0 Å². The number of likely N-dealkylation sites (N-methyl/N-ethyl adjacent to an activating group) is 1. The summed E-state index contributed by atoms with van der Waals surface area (Å²) >= 11 is 0. The molecule has 0 unspecified atom stereocenters. The molecule has 2 aliphatic rings. The van der Waals surface area contributed by atoms with Crippen molar-refractivity contribution in [1.29, 1.82) is 0 Å². The topological polar surface area (TPSA) is 6.48 Å². The minimum Gasteiger partial charge on any atom is -0.301 e. The summed E-state index contributed by atoms with van der Waals surface area (Å²) in [6.45, 7) is 9.54. The first-order valence-corrected chi connectivity index (χ1v) is 4.95. The molecule has 2 nitrogen and oxygen atoms in total. The summed E-state index contributed by atoms with van der Waals surface area (Å²) in [5.74, 6) is 0. The molecule has 0 aliphatic carbocycles. The zero-order valence-corrected chi connectivity index (χ0v) is 8.67. The van der Waals surface area contributed by atoms with Crippen LogP contribution < -0.4 is 0 Å². The number of piperazine rings is 1. The first-order chi connectivity index (χ1) is 5.48. The maximum atomic E-state index is 2.66. The molecule has 12 heavy (non-hydrogen) atoms. The zero-order valence-electron chi connectivity index (χ0n) is 8.67. The van der Waals surface area contributed by atoms with Gasteiger partial charge in [-0.05, 0) is 34.2 Å². The van der Waals surface area contributed by atoms with Crippen molar-refractivity contribution in [3.8, 4) is 0 Å². The molecule has 0 amide bonds. The Kier molecular flexibility index (Phi) is 1.74. The highest BCUT2D eigenvalue weighted by Crippen LogP contribution is 2.34. The molecule has 2 bridgehead atoms. The van der Waals surface area contributed by atoms with E-state index in [1.54, 1.807) is 0 Å². The van der Waals surface area contributed by atoms with Crippen molar-refractivity contribution in [3.63, 3.8) is 0 Å². The molecule has 0 radical (unpaired) electrons. The summed E-state index contributed by atoms with van der Waals surface area (Å²) in [5.41, 5.74) is 0.376. The second-order valence-corrected chi connectivity index (χ2v) is 5.31. The van der Waals surface area contributed by atoms with Gasteiger partial charge in [0, 0.05) is 30.7 Å². The third-order valence-electron chi connectivity index (χ3n) is 3.38. The molecule has 2 aliphatic heterocycles. The van der Waals surface area contributed by atoms with Crippen molar-refractivity contribution in [2.24, 2.45) is 0 Å². The Bertz CT molecular complexity index is 181. The molecular formula is C10H20N2. The van der Waals surface area contributed by atoms with Crippen molar-refractivity contribution < 1.29 is 0 Å². The van der Waals surface area contributed by atoms with E-state index in [-0.39, 0.29) is 0 Å². The van der Waals surface area contributed by atoms with Crippen molar-refractivity contribution in [3.05, 3.63) is 0 Å². The standard InChI is InChI=1S/C10H20N2/c1-10(2,3)12-7-8-5-9(12)6-11(8)4/h8-9H,5-7H2,1-4H3/t8-,9-/m1/s1. The summed E-state index contributed by atoms with van der Waals surface area (Å²) in [6.07, 6.45) is 1.40. The Balaban J connectivity index is 2.08. The number of hydrogen-bond acceptors (Lipinski definition) is 2. The van der Waals surface area contributed by atoms with Gasteiger partial charge in [0.05, 0.1) is 0 Å². The van der Waals surface area contributed by atoms with Gasteiger partial charge in [0.1, 0.15) is 0 Å². The molecule has 70 valence electrons. The van der Waals surface area contributed by atoms with Crippen LogP contribution >= 0.6 is 0 Å².